The molecular weight excluding hydrogens is 302 g/mol. The number of aryl methyl sites for hydroxylation is 1. The molecule has 1 fully saturated rings. The summed E-state index contributed by atoms with van der Waals surface area (Å²) in [6, 6.07) is 11.6. The summed E-state index contributed by atoms with van der Waals surface area (Å²) in [4.78, 5) is 15.2. The molecule has 0 aliphatic carbocycles. The zero-order valence-corrected chi connectivity index (χ0v) is 13.4. The molecule has 1 saturated heterocycles. The molecule has 2 atom stereocenters. The first-order valence-electron chi connectivity index (χ1n) is 6.85. The second-order valence-corrected chi connectivity index (χ2v) is 7.12. The minimum atomic E-state index is -0.642. The van der Waals surface area contributed by atoms with Crippen molar-refractivity contribution >= 4 is 29.0 Å². The van der Waals surface area contributed by atoms with Crippen molar-refractivity contribution in [2.45, 2.75) is 18.4 Å². The molecule has 0 unspecified atom stereocenters. The normalized spacial score (nSPS) is 20.0. The molecule has 3 nitrogen and oxygen atoms in total. The van der Waals surface area contributed by atoms with Crippen molar-refractivity contribution in [3.63, 3.8) is 0 Å². The van der Waals surface area contributed by atoms with E-state index in [0.717, 1.165) is 5.56 Å². The van der Waals surface area contributed by atoms with E-state index in [9.17, 15) is 9.90 Å². The van der Waals surface area contributed by atoms with Gasteiger partial charge in [-0.2, -0.15) is 0 Å². The van der Waals surface area contributed by atoms with Crippen LogP contribution in [0.25, 0.3) is 0 Å². The summed E-state index contributed by atoms with van der Waals surface area (Å²) < 4.78 is 0. The fourth-order valence-corrected chi connectivity index (χ4v) is 4.95. The molecule has 1 aromatic carbocycles. The lowest BCUT2D eigenvalue weighted by Gasteiger charge is -2.26. The van der Waals surface area contributed by atoms with Crippen LogP contribution in [0.5, 0.6) is 0 Å². The summed E-state index contributed by atoms with van der Waals surface area (Å²) in [7, 11) is 0. The predicted molar refractivity (Wildman–Crippen MR) is 87.4 cm³/mol. The lowest BCUT2D eigenvalue weighted by molar-refractivity contribution is -0.129. The molecule has 5 heteroatoms. The van der Waals surface area contributed by atoms with Crippen molar-refractivity contribution in [1.82, 2.24) is 4.90 Å². The van der Waals surface area contributed by atoms with Gasteiger partial charge >= 0.3 is 0 Å². The molecule has 1 amide bonds. The van der Waals surface area contributed by atoms with Crippen LogP contribution in [0.3, 0.4) is 0 Å². The third-order valence-corrected chi connectivity index (χ3v) is 6.09. The minimum absolute atomic E-state index is 0.0378. The Labute approximate surface area is 132 Å². The van der Waals surface area contributed by atoms with Gasteiger partial charge in [0.1, 0.15) is 5.37 Å². The van der Waals surface area contributed by atoms with Crippen molar-refractivity contribution in [2.75, 3.05) is 12.3 Å². The van der Waals surface area contributed by atoms with Gasteiger partial charge in [-0.05, 0) is 29.5 Å². The van der Waals surface area contributed by atoms with Crippen LogP contribution >= 0.6 is 23.1 Å². The van der Waals surface area contributed by atoms with E-state index in [-0.39, 0.29) is 11.3 Å². The van der Waals surface area contributed by atoms with E-state index >= 15 is 0 Å². The van der Waals surface area contributed by atoms with Gasteiger partial charge in [0.15, 0.2) is 0 Å². The van der Waals surface area contributed by atoms with E-state index in [2.05, 4.69) is 18.4 Å². The lowest BCUT2D eigenvalue weighted by atomic mass is 10.1. The Morgan fingerprint density at radius 1 is 1.33 bits per heavy atom. The number of benzene rings is 1. The minimum Gasteiger partial charge on any atom is -0.387 e. The maximum absolute atomic E-state index is 12.2. The Balaban J connectivity index is 1.79. The molecule has 0 saturated carbocycles. The second-order valence-electron chi connectivity index (χ2n) is 5.10. The van der Waals surface area contributed by atoms with Gasteiger partial charge < -0.3 is 10.0 Å². The van der Waals surface area contributed by atoms with Gasteiger partial charge in [-0.15, -0.1) is 23.1 Å². The molecule has 1 N–H and O–H groups in total. The van der Waals surface area contributed by atoms with E-state index in [1.54, 1.807) is 28.0 Å². The number of β-amino-alcohol motifs (C(OH)–C–C–N with tert-alkyl or cyclic N) is 1. The summed E-state index contributed by atoms with van der Waals surface area (Å²) >= 11 is 3.32. The summed E-state index contributed by atoms with van der Waals surface area (Å²) in [5.74, 6) is 0.594. The highest BCUT2D eigenvalue weighted by Gasteiger charge is 2.35. The van der Waals surface area contributed by atoms with E-state index in [0.29, 0.717) is 12.3 Å². The third kappa shape index (κ3) is 3.00. The van der Waals surface area contributed by atoms with Crippen LogP contribution in [0, 0.1) is 6.92 Å². The number of hydrogen-bond acceptors (Lipinski definition) is 4. The van der Waals surface area contributed by atoms with Gasteiger partial charge in [0.05, 0.1) is 18.4 Å². The molecule has 110 valence electrons. The van der Waals surface area contributed by atoms with Crippen LogP contribution in [0.4, 0.5) is 0 Å². The average Bonchev–Trinajstić information content (AvgIpc) is 3.07. The first kappa shape index (κ1) is 14.6. The molecule has 1 aliphatic rings. The number of carbonyl (C=O) groups is 1. The lowest BCUT2D eigenvalue weighted by Crippen LogP contribution is -2.32. The van der Waals surface area contributed by atoms with E-state index in [1.165, 1.54) is 10.4 Å². The van der Waals surface area contributed by atoms with Crippen LogP contribution < -0.4 is 0 Å². The van der Waals surface area contributed by atoms with Gasteiger partial charge in [-0.3, -0.25) is 4.79 Å². The quantitative estimate of drug-likeness (QED) is 0.939. The van der Waals surface area contributed by atoms with E-state index < -0.39 is 6.10 Å². The van der Waals surface area contributed by atoms with Crippen molar-refractivity contribution in [1.29, 1.82) is 0 Å². The number of amides is 1. The Morgan fingerprint density at radius 2 is 2.10 bits per heavy atom. The zero-order valence-electron chi connectivity index (χ0n) is 11.7. The molecule has 1 aliphatic heterocycles. The van der Waals surface area contributed by atoms with Crippen molar-refractivity contribution in [2.24, 2.45) is 0 Å². The Kier molecular flexibility index (Phi) is 4.33. The third-order valence-electron chi connectivity index (χ3n) is 3.65. The van der Waals surface area contributed by atoms with E-state index in [1.807, 2.05) is 30.3 Å². The van der Waals surface area contributed by atoms with Crippen LogP contribution in [-0.4, -0.2) is 28.2 Å². The number of aliphatic hydroxyl groups is 1. The first-order chi connectivity index (χ1) is 10.2. The second kappa shape index (κ2) is 6.22. The SMILES string of the molecule is Cc1ccsc1[C@@H]1SCC(=O)N1C[C@@H](O)c1ccccc1. The maximum atomic E-state index is 12.2. The van der Waals surface area contributed by atoms with Crippen molar-refractivity contribution in [3.8, 4) is 0 Å². The van der Waals surface area contributed by atoms with Gasteiger partial charge in [0.2, 0.25) is 5.91 Å². The largest absolute Gasteiger partial charge is 0.387 e. The fraction of sp³-hybridized carbons (Fsp3) is 0.312. The Hall–Kier alpha value is -1.30. The molecular formula is C16H17NO2S2. The first-order valence-corrected chi connectivity index (χ1v) is 8.77. The molecule has 0 radical (unpaired) electrons. The number of hydrogen-bond donors (Lipinski definition) is 1. The molecule has 0 spiro atoms. The smallest absolute Gasteiger partial charge is 0.233 e. The van der Waals surface area contributed by atoms with Gasteiger partial charge in [-0.25, -0.2) is 0 Å². The fourth-order valence-electron chi connectivity index (χ4n) is 2.47. The van der Waals surface area contributed by atoms with Gasteiger partial charge in [0, 0.05) is 4.88 Å². The number of nitrogens with zero attached hydrogens (tertiary/aromatic N) is 1. The highest BCUT2D eigenvalue weighted by Crippen LogP contribution is 2.42. The van der Waals surface area contributed by atoms with Crippen molar-refractivity contribution < 1.29 is 9.90 Å². The number of carbonyl (C=O) groups excluding carboxylic acids is 1. The summed E-state index contributed by atoms with van der Waals surface area (Å²) in [6.45, 7) is 2.42. The maximum Gasteiger partial charge on any atom is 0.233 e. The number of thioether (sulfide) groups is 1. The molecule has 3 rings (SSSR count). The number of thiophene rings is 1. The topological polar surface area (TPSA) is 40.5 Å². The van der Waals surface area contributed by atoms with Crippen molar-refractivity contribution in [3.05, 3.63) is 57.8 Å². The van der Waals surface area contributed by atoms with Crippen LogP contribution in [-0.2, 0) is 4.79 Å². The highest BCUT2D eigenvalue weighted by atomic mass is 32.2. The van der Waals surface area contributed by atoms with Gasteiger partial charge in [0.25, 0.3) is 0 Å². The average molecular weight is 319 g/mol. The molecule has 2 aromatic rings. The summed E-state index contributed by atoms with van der Waals surface area (Å²) in [5, 5.41) is 12.5. The molecule has 0 bridgehead atoms. The highest BCUT2D eigenvalue weighted by molar-refractivity contribution is 8.00. The monoisotopic (exact) mass is 319 g/mol. The standard InChI is InChI=1S/C16H17NO2S2/c1-11-7-8-20-15(11)16-17(14(19)10-21-16)9-13(18)12-5-3-2-4-6-12/h2-8,13,16,18H,9-10H2,1H3/t13-,16+/m1/s1. The predicted octanol–water partition coefficient (Wildman–Crippen LogP) is 3.36. The zero-order chi connectivity index (χ0) is 14.8. The summed E-state index contributed by atoms with van der Waals surface area (Å²) in [5.41, 5.74) is 2.07. The number of aliphatic hydroxyl groups excluding tert-OH is 1. The Morgan fingerprint density at radius 3 is 2.76 bits per heavy atom. The number of rotatable bonds is 4. The molecule has 1 aromatic heterocycles. The molecule has 2 heterocycles. The van der Waals surface area contributed by atoms with Crippen LogP contribution in [0.15, 0.2) is 41.8 Å². The van der Waals surface area contributed by atoms with Crippen LogP contribution in [0.1, 0.15) is 27.5 Å². The van der Waals surface area contributed by atoms with E-state index in [4.69, 9.17) is 0 Å². The summed E-state index contributed by atoms with van der Waals surface area (Å²) in [6.07, 6.45) is -0.642. The van der Waals surface area contributed by atoms with Crippen LogP contribution in [0.2, 0.25) is 0 Å². The van der Waals surface area contributed by atoms with Gasteiger partial charge in [-0.1, -0.05) is 30.3 Å². The Bertz CT molecular complexity index is 626. The molecule has 21 heavy (non-hydrogen) atoms.